The Hall–Kier alpha value is -0.0300. The van der Waals surface area contributed by atoms with E-state index < -0.39 is 26.8 Å². The smallest absolute Gasteiger partial charge is 0.268 e. The van der Waals surface area contributed by atoms with Crippen LogP contribution in [-0.4, -0.2) is 19.1 Å². The zero-order valence-corrected chi connectivity index (χ0v) is 7.01. The molecule has 0 spiro atoms. The van der Waals surface area contributed by atoms with E-state index in [0.29, 0.717) is 0 Å². The minimum atomic E-state index is -4.28. The highest BCUT2D eigenvalue weighted by molar-refractivity contribution is 7.45. The van der Waals surface area contributed by atoms with Gasteiger partial charge >= 0.3 is 0 Å². The van der Waals surface area contributed by atoms with Crippen LogP contribution in [0.5, 0.6) is 0 Å². The molecule has 0 bridgehead atoms. The molecule has 0 aromatic heterocycles. The molecule has 0 aromatic rings. The number of hydrogen-bond donors (Lipinski definition) is 0. The predicted octanol–water partition coefficient (Wildman–Crippen LogP) is 0.915. The maximum atomic E-state index is 11.8. The molecule has 1 rings (SSSR count). The van der Waals surface area contributed by atoms with Crippen LogP contribution in [0.3, 0.4) is 0 Å². The highest BCUT2D eigenvalue weighted by atomic mass is 31.2. The summed E-state index contributed by atoms with van der Waals surface area (Å²) >= 11 is 0. The van der Waals surface area contributed by atoms with E-state index >= 15 is 0 Å². The minimum absolute atomic E-state index is 0.0713. The quantitative estimate of drug-likeness (QED) is 0.623. The first-order chi connectivity index (χ1) is 5.49. The molecular formula is C5H8F2O4P-. The fraction of sp³-hybridized carbons (Fsp3) is 1.00. The molecule has 1 saturated heterocycles. The van der Waals surface area contributed by atoms with E-state index in [1.165, 1.54) is 0 Å². The topological polar surface area (TPSA) is 58.6 Å². The lowest BCUT2D eigenvalue weighted by atomic mass is 10.2. The molecule has 2 atom stereocenters. The largest absolute Gasteiger partial charge is 0.756 e. The van der Waals surface area contributed by atoms with E-state index in [9.17, 15) is 18.2 Å². The van der Waals surface area contributed by atoms with E-state index in [0.717, 1.165) is 0 Å². The first kappa shape index (κ1) is 10.1. The first-order valence-electron chi connectivity index (χ1n) is 3.42. The fourth-order valence-corrected chi connectivity index (χ4v) is 1.87. The Balaban J connectivity index is 2.41. The summed E-state index contributed by atoms with van der Waals surface area (Å²) in [5.41, 5.74) is 0. The summed E-state index contributed by atoms with van der Waals surface area (Å²) in [5.74, 6) is 0. The molecule has 1 fully saturated rings. The van der Waals surface area contributed by atoms with Gasteiger partial charge in [0.1, 0.15) is 0 Å². The normalized spacial score (nSPS) is 37.2. The van der Waals surface area contributed by atoms with Crippen molar-refractivity contribution < 1.29 is 27.3 Å². The number of phosphoric acid groups is 1. The summed E-state index contributed by atoms with van der Waals surface area (Å²) in [6.07, 6.45) is -3.85. The maximum absolute atomic E-state index is 11.8. The molecule has 1 aliphatic rings. The Morgan fingerprint density at radius 1 is 1.67 bits per heavy atom. The fourth-order valence-electron chi connectivity index (χ4n) is 0.921. The maximum Gasteiger partial charge on any atom is 0.268 e. The van der Waals surface area contributed by atoms with Gasteiger partial charge in [0.25, 0.3) is 7.82 Å². The van der Waals surface area contributed by atoms with Gasteiger partial charge in [0.2, 0.25) is 6.43 Å². The van der Waals surface area contributed by atoms with Crippen molar-refractivity contribution >= 4 is 7.82 Å². The van der Waals surface area contributed by atoms with Crippen LogP contribution in [-0.2, 0) is 13.6 Å². The molecule has 0 aliphatic carbocycles. The zero-order chi connectivity index (χ0) is 9.19. The third kappa shape index (κ3) is 3.15. The second kappa shape index (κ2) is 3.79. The molecular weight excluding hydrogens is 193 g/mol. The van der Waals surface area contributed by atoms with Gasteiger partial charge in [0, 0.05) is 6.42 Å². The lowest BCUT2D eigenvalue weighted by Gasteiger charge is -2.32. The third-order valence-electron chi connectivity index (χ3n) is 1.41. The van der Waals surface area contributed by atoms with Gasteiger partial charge in [0.15, 0.2) is 0 Å². The molecule has 1 aliphatic heterocycles. The highest BCUT2D eigenvalue weighted by Crippen LogP contribution is 2.44. The van der Waals surface area contributed by atoms with Crippen LogP contribution in [0.4, 0.5) is 8.78 Å². The van der Waals surface area contributed by atoms with Crippen molar-refractivity contribution in [1.29, 1.82) is 0 Å². The van der Waals surface area contributed by atoms with Crippen LogP contribution in [0.2, 0.25) is 0 Å². The number of rotatable bonds is 2. The summed E-state index contributed by atoms with van der Waals surface area (Å²) in [6, 6.07) is 0. The standard InChI is InChI=1S/C5H9F2O4P/c6-5(7)3-4-1-2-10-12(8,9)11-4/h4-5H,1-3H2,(H,8,9)/p-1. The van der Waals surface area contributed by atoms with Gasteiger partial charge < -0.3 is 13.9 Å². The van der Waals surface area contributed by atoms with Crippen LogP contribution in [0, 0.1) is 0 Å². The summed E-state index contributed by atoms with van der Waals surface area (Å²) in [5, 5.41) is 0. The lowest BCUT2D eigenvalue weighted by Crippen LogP contribution is -2.26. The summed E-state index contributed by atoms with van der Waals surface area (Å²) in [6.45, 7) is -0.0713. The van der Waals surface area contributed by atoms with Crippen LogP contribution >= 0.6 is 7.82 Å². The molecule has 2 unspecified atom stereocenters. The predicted molar refractivity (Wildman–Crippen MR) is 33.7 cm³/mol. The van der Waals surface area contributed by atoms with Crippen molar-refractivity contribution in [2.24, 2.45) is 0 Å². The monoisotopic (exact) mass is 201 g/mol. The van der Waals surface area contributed by atoms with E-state index in [4.69, 9.17) is 0 Å². The van der Waals surface area contributed by atoms with Gasteiger partial charge in [-0.2, -0.15) is 0 Å². The molecule has 72 valence electrons. The second-order valence-electron chi connectivity index (χ2n) is 2.42. The van der Waals surface area contributed by atoms with Crippen LogP contribution < -0.4 is 4.89 Å². The Bertz CT molecular complexity index is 198. The van der Waals surface area contributed by atoms with E-state index in [1.807, 2.05) is 0 Å². The number of alkyl halides is 2. The SMILES string of the molecule is O=P1([O-])OCCC(CC(F)F)O1. The highest BCUT2D eigenvalue weighted by Gasteiger charge is 2.26. The van der Waals surface area contributed by atoms with Crippen LogP contribution in [0.15, 0.2) is 0 Å². The zero-order valence-electron chi connectivity index (χ0n) is 6.11. The minimum Gasteiger partial charge on any atom is -0.756 e. The lowest BCUT2D eigenvalue weighted by molar-refractivity contribution is -0.238. The van der Waals surface area contributed by atoms with E-state index in [-0.39, 0.29) is 13.0 Å². The van der Waals surface area contributed by atoms with Gasteiger partial charge in [0.05, 0.1) is 12.7 Å². The average molecular weight is 201 g/mol. The van der Waals surface area contributed by atoms with Gasteiger partial charge in [-0.05, 0) is 6.42 Å². The molecule has 7 heteroatoms. The van der Waals surface area contributed by atoms with Crippen molar-refractivity contribution in [3.05, 3.63) is 0 Å². The third-order valence-corrected chi connectivity index (χ3v) is 2.46. The Labute approximate surface area is 68.1 Å². The molecule has 4 nitrogen and oxygen atoms in total. The summed E-state index contributed by atoms with van der Waals surface area (Å²) < 4.78 is 42.6. The molecule has 1 heterocycles. The average Bonchev–Trinajstić information content (AvgIpc) is 1.82. The van der Waals surface area contributed by atoms with Gasteiger partial charge in [-0.15, -0.1) is 0 Å². The number of halogens is 2. The van der Waals surface area contributed by atoms with Gasteiger partial charge in [-0.25, -0.2) is 8.78 Å². The van der Waals surface area contributed by atoms with E-state index in [2.05, 4.69) is 9.05 Å². The van der Waals surface area contributed by atoms with Crippen LogP contribution in [0.1, 0.15) is 12.8 Å². The molecule has 0 N–H and O–H groups in total. The first-order valence-corrected chi connectivity index (χ1v) is 4.88. The Morgan fingerprint density at radius 2 is 2.33 bits per heavy atom. The van der Waals surface area contributed by atoms with Gasteiger partial charge in [-0.1, -0.05) is 0 Å². The van der Waals surface area contributed by atoms with Crippen molar-refractivity contribution in [3.63, 3.8) is 0 Å². The van der Waals surface area contributed by atoms with Crippen molar-refractivity contribution in [2.45, 2.75) is 25.4 Å². The summed E-state index contributed by atoms with van der Waals surface area (Å²) in [4.78, 5) is 10.6. The van der Waals surface area contributed by atoms with Gasteiger partial charge in [-0.3, -0.25) is 4.57 Å². The van der Waals surface area contributed by atoms with E-state index in [1.54, 1.807) is 0 Å². The molecule has 0 aromatic carbocycles. The van der Waals surface area contributed by atoms with Crippen molar-refractivity contribution in [2.75, 3.05) is 6.61 Å². The van der Waals surface area contributed by atoms with Crippen molar-refractivity contribution in [3.8, 4) is 0 Å². The molecule has 12 heavy (non-hydrogen) atoms. The Morgan fingerprint density at radius 3 is 2.83 bits per heavy atom. The Kier molecular flexibility index (Phi) is 3.17. The second-order valence-corrected chi connectivity index (χ2v) is 3.79. The van der Waals surface area contributed by atoms with Crippen molar-refractivity contribution in [1.82, 2.24) is 0 Å². The molecule has 0 saturated carbocycles. The number of phosphoric ester groups is 1. The number of hydrogen-bond acceptors (Lipinski definition) is 4. The molecule has 0 radical (unpaired) electrons. The summed E-state index contributed by atoms with van der Waals surface area (Å²) in [7, 11) is -4.28. The molecule has 0 amide bonds. The van der Waals surface area contributed by atoms with Crippen LogP contribution in [0.25, 0.3) is 0 Å².